The van der Waals surface area contributed by atoms with E-state index in [9.17, 15) is 19.2 Å². The van der Waals surface area contributed by atoms with Crippen molar-refractivity contribution >= 4 is 52.1 Å². The maximum absolute atomic E-state index is 16.6. The molecular formula is C47H47ClF3N5O5. The molecule has 1 N–H and O–H groups in total. The molecule has 0 bridgehead atoms. The van der Waals surface area contributed by atoms with E-state index in [0.717, 1.165) is 27.8 Å². The average Bonchev–Trinajstić information content (AvgIpc) is 3.58. The van der Waals surface area contributed by atoms with Crippen LogP contribution in [0.4, 0.5) is 18.9 Å². The van der Waals surface area contributed by atoms with Gasteiger partial charge in [0.05, 0.1) is 16.6 Å². The molecule has 61 heavy (non-hydrogen) atoms. The molecule has 0 radical (unpaired) electrons. The fourth-order valence-electron chi connectivity index (χ4n) is 8.20. The summed E-state index contributed by atoms with van der Waals surface area (Å²) in [6.07, 6.45) is 0.557. The van der Waals surface area contributed by atoms with E-state index in [2.05, 4.69) is 29.2 Å². The number of nitrogens with zero attached hydrogens (tertiary/aromatic N) is 4. The number of piperidine rings is 2. The first-order valence-corrected chi connectivity index (χ1v) is 20.5. The number of halogens is 4. The number of benzene rings is 4. The Morgan fingerprint density at radius 3 is 1.97 bits per heavy atom. The minimum absolute atomic E-state index is 0.116. The molecule has 318 valence electrons. The highest BCUT2D eigenvalue weighted by molar-refractivity contribution is 6.24. The maximum atomic E-state index is 16.6. The summed E-state index contributed by atoms with van der Waals surface area (Å²) in [6.45, 7) is -13.7. The summed E-state index contributed by atoms with van der Waals surface area (Å²) in [4.78, 5) is 53.1. The third-order valence-electron chi connectivity index (χ3n) is 11.3. The standard InChI is InChI=1S/C47H47ClF3N5O5/c48-20-17-35(31-7-3-1-4-8-31)38(32-9-5-2-6-10-32)33-11-13-34(14-12-33)61-28-27-53-21-18-30(19-22-53)29-54-23-25-55(26-24-54)44-42(50)40-39(41(49)43(44)51)46(59)56(47(40)60)36-15-16-37(57)52-45(36)58/h1-14,30,36H,15-29H2,(H,52,57,58)/i23D2,24D2,25D2,26D2. The van der Waals surface area contributed by atoms with Crippen LogP contribution in [0.5, 0.6) is 5.75 Å². The van der Waals surface area contributed by atoms with Gasteiger partial charge in [0.25, 0.3) is 11.8 Å². The number of imide groups is 2. The predicted octanol–water partition coefficient (Wildman–Crippen LogP) is 7.01. The number of hydrogen-bond acceptors (Lipinski definition) is 8. The number of fused-ring (bicyclic) bond motifs is 1. The van der Waals surface area contributed by atoms with Crippen LogP contribution < -0.4 is 15.0 Å². The zero-order chi connectivity index (χ0) is 49.8. The number of anilines is 1. The van der Waals surface area contributed by atoms with E-state index in [1.54, 1.807) is 0 Å². The van der Waals surface area contributed by atoms with Crippen molar-refractivity contribution < 1.29 is 48.1 Å². The van der Waals surface area contributed by atoms with E-state index in [0.29, 0.717) is 62.0 Å². The zero-order valence-corrected chi connectivity index (χ0v) is 33.6. The summed E-state index contributed by atoms with van der Waals surface area (Å²) < 4.78 is 126. The van der Waals surface area contributed by atoms with Gasteiger partial charge in [-0.15, -0.1) is 11.6 Å². The molecule has 0 aromatic heterocycles. The van der Waals surface area contributed by atoms with Crippen LogP contribution in [0.1, 0.15) is 80.5 Å². The number of nitrogens with one attached hydrogen (secondary N) is 1. The quantitative estimate of drug-likeness (QED) is 0.0664. The van der Waals surface area contributed by atoms with Gasteiger partial charge < -0.3 is 9.64 Å². The van der Waals surface area contributed by atoms with E-state index in [4.69, 9.17) is 27.3 Å². The molecular weight excluding hydrogens is 807 g/mol. The summed E-state index contributed by atoms with van der Waals surface area (Å²) >= 11 is 6.31. The molecule has 1 atom stereocenters. The van der Waals surface area contributed by atoms with Crippen LogP contribution in [-0.2, 0) is 9.59 Å². The van der Waals surface area contributed by atoms with Gasteiger partial charge in [-0.25, -0.2) is 13.2 Å². The largest absolute Gasteiger partial charge is 0.492 e. The molecule has 4 heterocycles. The Morgan fingerprint density at radius 2 is 1.34 bits per heavy atom. The molecule has 4 aromatic rings. The van der Waals surface area contributed by atoms with Crippen molar-refractivity contribution in [1.82, 2.24) is 20.0 Å². The summed E-state index contributed by atoms with van der Waals surface area (Å²) in [7, 11) is 0. The van der Waals surface area contributed by atoms with Gasteiger partial charge in [-0.3, -0.25) is 39.2 Å². The Balaban J connectivity index is 0.941. The predicted molar refractivity (Wildman–Crippen MR) is 227 cm³/mol. The number of rotatable bonds is 13. The monoisotopic (exact) mass is 861 g/mol. The number of piperazine rings is 1. The number of carbonyl (C=O) groups excluding carboxylic acids is 4. The van der Waals surface area contributed by atoms with E-state index >= 15 is 13.2 Å². The average molecular weight is 862 g/mol. The first-order chi connectivity index (χ1) is 32.6. The molecule has 4 aliphatic heterocycles. The van der Waals surface area contributed by atoms with Gasteiger partial charge in [-0.2, -0.15) is 0 Å². The Bertz CT molecular complexity index is 2670. The second-order valence-electron chi connectivity index (χ2n) is 15.1. The smallest absolute Gasteiger partial charge is 0.265 e. The summed E-state index contributed by atoms with van der Waals surface area (Å²) in [5.74, 6) is -11.5. The molecule has 4 aliphatic rings. The van der Waals surface area contributed by atoms with Crippen LogP contribution in [0, 0.1) is 23.4 Å². The van der Waals surface area contributed by atoms with Crippen LogP contribution in [0.25, 0.3) is 11.1 Å². The molecule has 1 unspecified atom stereocenters. The van der Waals surface area contributed by atoms with Crippen molar-refractivity contribution in [2.75, 3.05) is 69.6 Å². The molecule has 3 saturated heterocycles. The molecule has 4 aromatic carbocycles. The van der Waals surface area contributed by atoms with Crippen LogP contribution in [0.2, 0.25) is 0 Å². The summed E-state index contributed by atoms with van der Waals surface area (Å²) in [6, 6.07) is 26.2. The highest BCUT2D eigenvalue weighted by atomic mass is 35.5. The van der Waals surface area contributed by atoms with Crippen LogP contribution in [0.3, 0.4) is 0 Å². The van der Waals surface area contributed by atoms with Gasteiger partial charge in [-0.1, -0.05) is 72.8 Å². The summed E-state index contributed by atoms with van der Waals surface area (Å²) in [5, 5.41) is 1.89. The van der Waals surface area contributed by atoms with Crippen molar-refractivity contribution in [2.24, 2.45) is 5.92 Å². The Hall–Kier alpha value is -5.50. The molecule has 8 rings (SSSR count). The number of ether oxygens (including phenoxy) is 1. The Morgan fingerprint density at radius 1 is 0.738 bits per heavy atom. The topological polar surface area (TPSA) is 102 Å². The first kappa shape index (κ1) is 33.2. The van der Waals surface area contributed by atoms with Crippen molar-refractivity contribution in [3.05, 3.63) is 130 Å². The minimum atomic E-state index is -3.87. The van der Waals surface area contributed by atoms with Gasteiger partial charge in [0.2, 0.25) is 11.8 Å². The van der Waals surface area contributed by atoms with Crippen LogP contribution in [0.15, 0.2) is 84.9 Å². The fourth-order valence-corrected chi connectivity index (χ4v) is 8.39. The second-order valence-corrected chi connectivity index (χ2v) is 15.4. The summed E-state index contributed by atoms with van der Waals surface area (Å²) in [5.41, 5.74) is 0.324. The number of carbonyl (C=O) groups is 4. The van der Waals surface area contributed by atoms with Gasteiger partial charge >= 0.3 is 0 Å². The van der Waals surface area contributed by atoms with Gasteiger partial charge in [0, 0.05) is 56.9 Å². The second kappa shape index (κ2) is 18.6. The fraction of sp³-hybridized carbons (Fsp3) is 0.362. The van der Waals surface area contributed by atoms with Crippen molar-refractivity contribution in [3.63, 3.8) is 0 Å². The highest BCUT2D eigenvalue weighted by Crippen LogP contribution is 2.39. The molecule has 14 heteroatoms. The molecule has 0 aliphatic carbocycles. The normalized spacial score (nSPS) is 24.8. The molecule has 0 spiro atoms. The number of allylic oxidation sites excluding steroid dienone is 1. The van der Waals surface area contributed by atoms with E-state index in [-0.39, 0.29) is 11.3 Å². The third-order valence-corrected chi connectivity index (χ3v) is 11.5. The zero-order valence-electron chi connectivity index (χ0n) is 40.9. The van der Waals surface area contributed by atoms with Crippen molar-refractivity contribution in [1.29, 1.82) is 0 Å². The van der Waals surface area contributed by atoms with Crippen LogP contribution >= 0.6 is 11.6 Å². The third kappa shape index (κ3) is 8.82. The van der Waals surface area contributed by atoms with Gasteiger partial charge in [0.1, 0.15) is 24.1 Å². The van der Waals surface area contributed by atoms with Crippen LogP contribution in [-0.4, -0.2) is 109 Å². The van der Waals surface area contributed by atoms with Gasteiger partial charge in [0.15, 0.2) is 17.5 Å². The number of likely N-dealkylation sites (tertiary alicyclic amines) is 1. The lowest BCUT2D eigenvalue weighted by atomic mass is 9.88. The van der Waals surface area contributed by atoms with E-state index < -0.39 is 114 Å². The highest BCUT2D eigenvalue weighted by Gasteiger charge is 2.49. The Labute approximate surface area is 369 Å². The van der Waals surface area contributed by atoms with E-state index in [1.807, 2.05) is 66.0 Å². The molecule has 0 saturated carbocycles. The lowest BCUT2D eigenvalue weighted by Gasteiger charge is -2.39. The Kier molecular flexibility index (Phi) is 10.1. The van der Waals surface area contributed by atoms with Crippen molar-refractivity contribution in [3.8, 4) is 5.75 Å². The van der Waals surface area contributed by atoms with E-state index in [1.165, 1.54) is 0 Å². The molecule has 3 fully saturated rings. The number of alkyl halides is 1. The number of amides is 4. The lowest BCUT2D eigenvalue weighted by Crippen LogP contribution is -2.54. The lowest BCUT2D eigenvalue weighted by molar-refractivity contribution is -0.136. The maximum Gasteiger partial charge on any atom is 0.265 e. The minimum Gasteiger partial charge on any atom is -0.492 e. The first-order valence-electron chi connectivity index (χ1n) is 24.0. The van der Waals surface area contributed by atoms with Gasteiger partial charge in [-0.05, 0) is 84.7 Å². The number of hydrogen-bond donors (Lipinski definition) is 1. The van der Waals surface area contributed by atoms with Crippen molar-refractivity contribution in [2.45, 2.75) is 38.1 Å². The molecule has 10 nitrogen and oxygen atoms in total. The SMILES string of the molecule is [2H]C1([2H])N(CC2CCN(CCOc3ccc(C(=C(CCCl)c4ccccc4)c4ccccc4)cc3)CC2)C([2H])([2H])C([2H])([2H])N(c2c(F)c(F)c3c(c2F)C(=O)N(C2CCC(=O)NC2=O)C3=O)C1([2H])[2H]. The molecule has 4 amide bonds.